The van der Waals surface area contributed by atoms with Crippen molar-refractivity contribution >= 4 is 27.3 Å². The maximum Gasteiger partial charge on any atom is 0.335 e. The monoisotopic (exact) mass is 339 g/mol. The van der Waals surface area contributed by atoms with E-state index in [1.807, 2.05) is 16.8 Å². The largest absolute Gasteiger partial charge is 0.478 e. The Hall–Kier alpha value is -1.70. The lowest BCUT2D eigenvalue weighted by Gasteiger charge is -2.14. The molecule has 0 spiro atoms. The van der Waals surface area contributed by atoms with E-state index in [0.29, 0.717) is 12.0 Å². The number of aromatic carboxylic acids is 1. The Labute approximate surface area is 133 Å². The molecule has 2 aromatic rings. The third-order valence-corrected chi connectivity index (χ3v) is 5.54. The summed E-state index contributed by atoms with van der Waals surface area (Å²) < 4.78 is 27.3. The Morgan fingerprint density at radius 3 is 2.64 bits per heavy atom. The molecule has 0 bridgehead atoms. The van der Waals surface area contributed by atoms with Crippen molar-refractivity contribution in [1.82, 2.24) is 4.72 Å². The maximum absolute atomic E-state index is 12.3. The van der Waals surface area contributed by atoms with Crippen molar-refractivity contribution in [3.8, 4) is 0 Å². The van der Waals surface area contributed by atoms with E-state index >= 15 is 0 Å². The minimum atomic E-state index is -3.67. The van der Waals surface area contributed by atoms with Crippen LogP contribution in [-0.4, -0.2) is 25.5 Å². The van der Waals surface area contributed by atoms with E-state index in [9.17, 15) is 13.2 Å². The number of carboxylic acids is 1. The van der Waals surface area contributed by atoms with Crippen LogP contribution in [-0.2, 0) is 16.4 Å². The average molecular weight is 339 g/mol. The predicted molar refractivity (Wildman–Crippen MR) is 85.9 cm³/mol. The van der Waals surface area contributed by atoms with E-state index in [2.05, 4.69) is 4.72 Å². The molecular weight excluding hydrogens is 322 g/mol. The Balaban J connectivity index is 2.16. The van der Waals surface area contributed by atoms with Gasteiger partial charge in [0, 0.05) is 6.04 Å². The van der Waals surface area contributed by atoms with Gasteiger partial charge in [-0.1, -0.05) is 0 Å². The fourth-order valence-electron chi connectivity index (χ4n) is 2.18. The molecule has 0 amide bonds. The lowest BCUT2D eigenvalue weighted by molar-refractivity contribution is 0.0696. The van der Waals surface area contributed by atoms with Crippen LogP contribution in [0.1, 0.15) is 28.4 Å². The van der Waals surface area contributed by atoms with Gasteiger partial charge in [0.25, 0.3) is 0 Å². The molecule has 0 aliphatic heterocycles. The lowest BCUT2D eigenvalue weighted by Crippen LogP contribution is -2.34. The smallest absolute Gasteiger partial charge is 0.335 e. The fraction of sp³-hybridized carbons (Fsp3) is 0.267. The van der Waals surface area contributed by atoms with Crippen LogP contribution in [0.2, 0.25) is 0 Å². The molecule has 0 saturated heterocycles. The Kier molecular flexibility index (Phi) is 5.00. The van der Waals surface area contributed by atoms with Gasteiger partial charge in [-0.2, -0.15) is 11.3 Å². The van der Waals surface area contributed by atoms with E-state index in [-0.39, 0.29) is 16.5 Å². The highest BCUT2D eigenvalue weighted by molar-refractivity contribution is 7.89. The topological polar surface area (TPSA) is 83.5 Å². The van der Waals surface area contributed by atoms with Gasteiger partial charge in [-0.05, 0) is 66.4 Å². The molecule has 5 nitrogen and oxygen atoms in total. The van der Waals surface area contributed by atoms with Gasteiger partial charge in [-0.3, -0.25) is 0 Å². The highest BCUT2D eigenvalue weighted by Crippen LogP contribution is 2.17. The molecule has 0 unspecified atom stereocenters. The van der Waals surface area contributed by atoms with Gasteiger partial charge in [0.1, 0.15) is 0 Å². The molecule has 22 heavy (non-hydrogen) atoms. The molecule has 1 aromatic heterocycles. The molecule has 118 valence electrons. The quantitative estimate of drug-likeness (QED) is 0.847. The summed E-state index contributed by atoms with van der Waals surface area (Å²) >= 11 is 1.57. The Morgan fingerprint density at radius 2 is 2.09 bits per heavy atom. The van der Waals surface area contributed by atoms with Crippen LogP contribution in [0.15, 0.2) is 39.9 Å². The Bertz CT molecular complexity index is 767. The van der Waals surface area contributed by atoms with Crippen LogP contribution in [0.3, 0.4) is 0 Å². The molecule has 1 heterocycles. The van der Waals surface area contributed by atoms with E-state index in [1.165, 1.54) is 18.2 Å². The van der Waals surface area contributed by atoms with Crippen molar-refractivity contribution in [3.05, 3.63) is 51.7 Å². The van der Waals surface area contributed by atoms with E-state index in [4.69, 9.17) is 5.11 Å². The van der Waals surface area contributed by atoms with Crippen molar-refractivity contribution < 1.29 is 18.3 Å². The second-order valence-corrected chi connectivity index (χ2v) is 7.63. The van der Waals surface area contributed by atoms with E-state index < -0.39 is 16.0 Å². The van der Waals surface area contributed by atoms with Gasteiger partial charge in [-0.15, -0.1) is 0 Å². The van der Waals surface area contributed by atoms with Crippen molar-refractivity contribution in [2.45, 2.75) is 31.2 Å². The molecule has 1 atom stereocenters. The molecule has 0 saturated carbocycles. The molecule has 0 aliphatic carbocycles. The van der Waals surface area contributed by atoms with Crippen LogP contribution in [0.4, 0.5) is 0 Å². The zero-order valence-corrected chi connectivity index (χ0v) is 13.9. The van der Waals surface area contributed by atoms with Gasteiger partial charge >= 0.3 is 5.97 Å². The van der Waals surface area contributed by atoms with Gasteiger partial charge in [0.15, 0.2) is 0 Å². The summed E-state index contributed by atoms with van der Waals surface area (Å²) in [4.78, 5) is 11.1. The van der Waals surface area contributed by atoms with Crippen molar-refractivity contribution in [1.29, 1.82) is 0 Å². The van der Waals surface area contributed by atoms with Crippen LogP contribution < -0.4 is 4.72 Å². The second kappa shape index (κ2) is 6.60. The van der Waals surface area contributed by atoms with Crippen LogP contribution in [0.5, 0.6) is 0 Å². The Morgan fingerprint density at radius 1 is 1.36 bits per heavy atom. The first-order chi connectivity index (χ1) is 10.3. The van der Waals surface area contributed by atoms with E-state index in [0.717, 1.165) is 5.56 Å². The van der Waals surface area contributed by atoms with Crippen LogP contribution in [0.25, 0.3) is 0 Å². The van der Waals surface area contributed by atoms with Gasteiger partial charge in [-0.25, -0.2) is 17.9 Å². The lowest BCUT2D eigenvalue weighted by atomic mass is 10.1. The van der Waals surface area contributed by atoms with Gasteiger partial charge in [0.2, 0.25) is 10.0 Å². The maximum atomic E-state index is 12.3. The van der Waals surface area contributed by atoms with Crippen molar-refractivity contribution in [3.63, 3.8) is 0 Å². The summed E-state index contributed by atoms with van der Waals surface area (Å²) in [6.45, 7) is 3.38. The molecule has 0 radical (unpaired) electrons. The molecule has 1 aromatic carbocycles. The summed E-state index contributed by atoms with van der Waals surface area (Å²) in [6.07, 6.45) is 0.606. The minimum Gasteiger partial charge on any atom is -0.478 e. The average Bonchev–Trinajstić information content (AvgIpc) is 2.90. The molecule has 7 heteroatoms. The highest BCUT2D eigenvalue weighted by atomic mass is 32.2. The summed E-state index contributed by atoms with van der Waals surface area (Å²) in [5.74, 6) is -1.07. The number of benzene rings is 1. The summed E-state index contributed by atoms with van der Waals surface area (Å²) in [5.41, 5.74) is 1.60. The van der Waals surface area contributed by atoms with Crippen LogP contribution >= 0.6 is 11.3 Å². The number of thiophene rings is 1. The third kappa shape index (κ3) is 3.94. The number of hydrogen-bond acceptors (Lipinski definition) is 4. The zero-order valence-electron chi connectivity index (χ0n) is 12.2. The number of carbonyl (C=O) groups is 1. The van der Waals surface area contributed by atoms with E-state index in [1.54, 1.807) is 25.2 Å². The zero-order chi connectivity index (χ0) is 16.3. The summed E-state index contributed by atoms with van der Waals surface area (Å²) in [7, 11) is -3.67. The first-order valence-corrected chi connectivity index (χ1v) is 9.09. The van der Waals surface area contributed by atoms with Crippen LogP contribution in [0, 0.1) is 6.92 Å². The molecule has 0 fully saturated rings. The summed E-state index contributed by atoms with van der Waals surface area (Å²) in [5, 5.41) is 12.9. The molecule has 2 N–H and O–H groups in total. The number of carboxylic acid groups (broad SMARTS) is 1. The third-order valence-electron chi connectivity index (χ3n) is 3.22. The SMILES string of the molecule is Cc1cc(S(=O)(=O)N[C@@H](C)Cc2ccsc2)ccc1C(=O)O. The number of rotatable bonds is 6. The standard InChI is InChI=1S/C15H17NO4S2/c1-10-7-13(3-4-14(10)15(17)18)22(19,20)16-11(2)8-12-5-6-21-9-12/h3-7,9,11,16H,8H2,1-2H3,(H,17,18)/t11-/m0/s1. The normalized spacial score (nSPS) is 13.0. The molecular formula is C15H17NO4S2. The predicted octanol–water partition coefficient (Wildman–Crippen LogP) is 2.66. The van der Waals surface area contributed by atoms with Gasteiger partial charge < -0.3 is 5.11 Å². The fourth-order valence-corrected chi connectivity index (χ4v) is 4.19. The first-order valence-electron chi connectivity index (χ1n) is 6.67. The first kappa shape index (κ1) is 16.7. The van der Waals surface area contributed by atoms with Crippen molar-refractivity contribution in [2.75, 3.05) is 0 Å². The number of hydrogen-bond donors (Lipinski definition) is 2. The minimum absolute atomic E-state index is 0.0761. The highest BCUT2D eigenvalue weighted by Gasteiger charge is 2.19. The molecule has 0 aliphatic rings. The number of sulfonamides is 1. The van der Waals surface area contributed by atoms with Crippen molar-refractivity contribution in [2.24, 2.45) is 0 Å². The number of aryl methyl sites for hydroxylation is 1. The summed E-state index contributed by atoms with van der Waals surface area (Å²) in [6, 6.07) is 5.72. The molecule has 2 rings (SSSR count). The van der Waals surface area contributed by atoms with Gasteiger partial charge in [0.05, 0.1) is 10.5 Å². The second-order valence-electron chi connectivity index (χ2n) is 5.14. The number of nitrogens with one attached hydrogen (secondary N) is 1.